The maximum atomic E-state index is 13.8. The van der Waals surface area contributed by atoms with Crippen LogP contribution >= 0.6 is 0 Å². The Bertz CT molecular complexity index is 459. The van der Waals surface area contributed by atoms with Gasteiger partial charge in [0.05, 0.1) is 26.0 Å². The Kier molecular flexibility index (Phi) is 4.80. The lowest BCUT2D eigenvalue weighted by Gasteiger charge is -2.24. The first-order valence-corrected chi connectivity index (χ1v) is 6.63. The van der Waals surface area contributed by atoms with E-state index in [1.54, 1.807) is 12.3 Å². The van der Waals surface area contributed by atoms with E-state index in [1.165, 1.54) is 13.2 Å². The van der Waals surface area contributed by atoms with E-state index in [-0.39, 0.29) is 17.6 Å². The van der Waals surface area contributed by atoms with Gasteiger partial charge in [0, 0.05) is 0 Å². The minimum Gasteiger partial charge on any atom is -0.501 e. The van der Waals surface area contributed by atoms with E-state index in [9.17, 15) is 4.39 Å². The van der Waals surface area contributed by atoms with Crippen molar-refractivity contribution in [1.29, 1.82) is 0 Å². The molecule has 1 atom stereocenters. The normalized spacial score (nSPS) is 16.5. The van der Waals surface area contributed by atoms with Gasteiger partial charge in [-0.2, -0.15) is 0 Å². The van der Waals surface area contributed by atoms with Crippen molar-refractivity contribution < 1.29 is 13.9 Å². The van der Waals surface area contributed by atoms with Crippen LogP contribution in [0.5, 0.6) is 5.75 Å². The molecule has 1 aromatic rings. The SMILES string of the molecule is CCNC(C1=COCCC1)c1ccc(OC)c(F)c1. The molecular formula is C15H20FNO2. The van der Waals surface area contributed by atoms with Crippen LogP contribution in [0.4, 0.5) is 4.39 Å². The van der Waals surface area contributed by atoms with E-state index < -0.39 is 0 Å². The molecule has 1 aromatic carbocycles. The molecule has 3 nitrogen and oxygen atoms in total. The summed E-state index contributed by atoms with van der Waals surface area (Å²) in [5.74, 6) is -0.0619. The monoisotopic (exact) mass is 265 g/mol. The molecule has 4 heteroatoms. The molecule has 0 aliphatic carbocycles. The van der Waals surface area contributed by atoms with Gasteiger partial charge in [0.2, 0.25) is 0 Å². The number of halogens is 1. The topological polar surface area (TPSA) is 30.5 Å². The molecule has 2 rings (SSSR count). The lowest BCUT2D eigenvalue weighted by Crippen LogP contribution is -2.24. The highest BCUT2D eigenvalue weighted by Gasteiger charge is 2.19. The summed E-state index contributed by atoms with van der Waals surface area (Å²) in [6.07, 6.45) is 3.79. The van der Waals surface area contributed by atoms with Gasteiger partial charge in [0.1, 0.15) is 0 Å². The van der Waals surface area contributed by atoms with Crippen LogP contribution < -0.4 is 10.1 Å². The summed E-state index contributed by atoms with van der Waals surface area (Å²) in [6, 6.07) is 5.09. The number of benzene rings is 1. The third kappa shape index (κ3) is 3.26. The van der Waals surface area contributed by atoms with E-state index >= 15 is 0 Å². The Balaban J connectivity index is 2.27. The van der Waals surface area contributed by atoms with E-state index in [1.807, 2.05) is 13.0 Å². The fourth-order valence-corrected chi connectivity index (χ4v) is 2.33. The molecule has 0 saturated carbocycles. The van der Waals surface area contributed by atoms with Gasteiger partial charge < -0.3 is 14.8 Å². The minimum absolute atomic E-state index is 0.00528. The van der Waals surface area contributed by atoms with Gasteiger partial charge in [-0.1, -0.05) is 13.0 Å². The Morgan fingerprint density at radius 1 is 1.47 bits per heavy atom. The Morgan fingerprint density at radius 3 is 2.89 bits per heavy atom. The zero-order valence-corrected chi connectivity index (χ0v) is 11.4. The van der Waals surface area contributed by atoms with Crippen LogP contribution in [0.2, 0.25) is 0 Å². The first-order valence-electron chi connectivity index (χ1n) is 6.63. The molecule has 0 saturated heterocycles. The van der Waals surface area contributed by atoms with Crippen LogP contribution in [-0.2, 0) is 4.74 Å². The van der Waals surface area contributed by atoms with Gasteiger partial charge in [-0.25, -0.2) is 4.39 Å². The summed E-state index contributed by atoms with van der Waals surface area (Å²) < 4.78 is 24.2. The number of ether oxygens (including phenoxy) is 2. The number of likely N-dealkylation sites (N-methyl/N-ethyl adjacent to an activating group) is 1. The van der Waals surface area contributed by atoms with E-state index in [0.29, 0.717) is 0 Å². The molecule has 0 spiro atoms. The molecule has 19 heavy (non-hydrogen) atoms. The Labute approximate surface area is 113 Å². The Morgan fingerprint density at radius 2 is 2.32 bits per heavy atom. The summed E-state index contributed by atoms with van der Waals surface area (Å²) in [7, 11) is 1.47. The summed E-state index contributed by atoms with van der Waals surface area (Å²) in [6.45, 7) is 3.62. The number of nitrogens with one attached hydrogen (secondary N) is 1. The molecule has 1 unspecified atom stereocenters. The summed E-state index contributed by atoms with van der Waals surface area (Å²) in [5, 5.41) is 3.38. The smallest absolute Gasteiger partial charge is 0.165 e. The summed E-state index contributed by atoms with van der Waals surface area (Å²) in [5.41, 5.74) is 2.06. The van der Waals surface area contributed by atoms with Gasteiger partial charge in [0.25, 0.3) is 0 Å². The molecule has 1 N–H and O–H groups in total. The van der Waals surface area contributed by atoms with Crippen LogP contribution in [0.15, 0.2) is 30.0 Å². The first kappa shape index (κ1) is 13.9. The number of rotatable bonds is 5. The standard InChI is InChI=1S/C15H20FNO2/c1-3-17-15(12-5-4-8-19-10-12)11-6-7-14(18-2)13(16)9-11/h6-7,9-10,15,17H,3-5,8H2,1-2H3. The average molecular weight is 265 g/mol. The molecule has 0 bridgehead atoms. The quantitative estimate of drug-likeness (QED) is 0.887. The van der Waals surface area contributed by atoms with E-state index in [0.717, 1.165) is 37.1 Å². The van der Waals surface area contributed by atoms with Crippen molar-refractivity contribution >= 4 is 0 Å². The molecule has 0 aromatic heterocycles. The van der Waals surface area contributed by atoms with E-state index in [4.69, 9.17) is 9.47 Å². The highest BCUT2D eigenvalue weighted by Crippen LogP contribution is 2.30. The lowest BCUT2D eigenvalue weighted by molar-refractivity contribution is 0.219. The van der Waals surface area contributed by atoms with Crippen molar-refractivity contribution in [3.8, 4) is 5.75 Å². The number of hydrogen-bond donors (Lipinski definition) is 1. The fraction of sp³-hybridized carbons (Fsp3) is 0.467. The molecule has 1 aliphatic heterocycles. The average Bonchev–Trinajstić information content (AvgIpc) is 2.45. The summed E-state index contributed by atoms with van der Waals surface area (Å²) >= 11 is 0. The maximum Gasteiger partial charge on any atom is 0.165 e. The van der Waals surface area contributed by atoms with Crippen LogP contribution in [0.25, 0.3) is 0 Å². The van der Waals surface area contributed by atoms with Crippen molar-refractivity contribution in [3.63, 3.8) is 0 Å². The van der Waals surface area contributed by atoms with Gasteiger partial charge in [-0.3, -0.25) is 0 Å². The van der Waals surface area contributed by atoms with Gasteiger partial charge >= 0.3 is 0 Å². The van der Waals surface area contributed by atoms with Gasteiger partial charge in [-0.05, 0) is 42.7 Å². The second kappa shape index (κ2) is 6.57. The third-order valence-corrected chi connectivity index (χ3v) is 3.25. The minimum atomic E-state index is -0.333. The van der Waals surface area contributed by atoms with Gasteiger partial charge in [0.15, 0.2) is 11.6 Å². The van der Waals surface area contributed by atoms with Crippen LogP contribution in [0.3, 0.4) is 0 Å². The molecule has 104 valence electrons. The number of methoxy groups -OCH3 is 1. The molecule has 0 amide bonds. The molecule has 1 aliphatic rings. The zero-order valence-electron chi connectivity index (χ0n) is 11.4. The van der Waals surface area contributed by atoms with Crippen molar-refractivity contribution in [2.45, 2.75) is 25.8 Å². The van der Waals surface area contributed by atoms with Crippen molar-refractivity contribution in [3.05, 3.63) is 41.4 Å². The Hall–Kier alpha value is -1.55. The zero-order chi connectivity index (χ0) is 13.7. The summed E-state index contributed by atoms with van der Waals surface area (Å²) in [4.78, 5) is 0. The largest absolute Gasteiger partial charge is 0.501 e. The number of hydrogen-bond acceptors (Lipinski definition) is 3. The van der Waals surface area contributed by atoms with Crippen LogP contribution in [0, 0.1) is 5.82 Å². The molecule has 0 radical (unpaired) electrons. The fourth-order valence-electron chi connectivity index (χ4n) is 2.33. The molecular weight excluding hydrogens is 245 g/mol. The van der Waals surface area contributed by atoms with Crippen molar-refractivity contribution in [2.24, 2.45) is 0 Å². The highest BCUT2D eigenvalue weighted by molar-refractivity contribution is 5.35. The molecule has 1 heterocycles. The van der Waals surface area contributed by atoms with Gasteiger partial charge in [-0.15, -0.1) is 0 Å². The maximum absolute atomic E-state index is 13.8. The van der Waals surface area contributed by atoms with Crippen LogP contribution in [-0.4, -0.2) is 20.3 Å². The predicted molar refractivity (Wildman–Crippen MR) is 72.6 cm³/mol. The second-order valence-corrected chi connectivity index (χ2v) is 4.55. The highest BCUT2D eigenvalue weighted by atomic mass is 19.1. The predicted octanol–water partition coefficient (Wildman–Crippen LogP) is 3.18. The third-order valence-electron chi connectivity index (χ3n) is 3.25. The van der Waals surface area contributed by atoms with Crippen LogP contribution in [0.1, 0.15) is 31.4 Å². The first-order chi connectivity index (χ1) is 9.26. The van der Waals surface area contributed by atoms with E-state index in [2.05, 4.69) is 5.32 Å². The van der Waals surface area contributed by atoms with Crippen molar-refractivity contribution in [1.82, 2.24) is 5.32 Å². The second-order valence-electron chi connectivity index (χ2n) is 4.55. The molecule has 0 fully saturated rings. The van der Waals surface area contributed by atoms with Crippen molar-refractivity contribution in [2.75, 3.05) is 20.3 Å². The lowest BCUT2D eigenvalue weighted by atomic mass is 9.95.